The zero-order valence-corrected chi connectivity index (χ0v) is 73.4. The minimum Gasteiger partial charge on any atom is -0.487 e. The van der Waals surface area contributed by atoms with Crippen LogP contribution in [0.3, 0.4) is 0 Å². The van der Waals surface area contributed by atoms with Crippen LogP contribution in [0.4, 0.5) is 21.0 Å². The van der Waals surface area contributed by atoms with Crippen molar-refractivity contribution in [3.63, 3.8) is 0 Å². The molecule has 0 saturated heterocycles. The molecular weight excluding hydrogens is 1620 g/mol. The molecule has 0 unspecified atom stereocenters. The minimum atomic E-state index is -1.66. The number of carbonyl (C=O) groups is 6. The van der Waals surface area contributed by atoms with Gasteiger partial charge in [0, 0.05) is 26.2 Å². The molecular formula is C98H112N4O24. The SMILES string of the molecule is CC(C)(C)OC(=O)N(Cc1ccccc1)Cc1ccc(N2C(=O)C3(C)c4cc5c6cc4C(C)(C2=O)c2cc4c(cc23)OCCOCCOCCOc2cc3c(cc2OCCOCCOCCO4)C2(C)C(=O)N(c4ccc(CN(Cc7ccccc7)C(=O)OC(C)(C)C)cc4)C(=O)C3(C)c3cc(c(cc32)OCCOCCOCCO6)OCCOCCOCCO5)cc1. The molecule has 2 aliphatic carbocycles. The van der Waals surface area contributed by atoms with E-state index in [1.165, 1.54) is 9.80 Å². The molecule has 8 aromatic carbocycles. The van der Waals surface area contributed by atoms with Crippen LogP contribution < -0.4 is 47.7 Å². The van der Waals surface area contributed by atoms with Crippen molar-refractivity contribution in [1.29, 1.82) is 0 Å². The first-order chi connectivity index (χ1) is 60.7. The second-order valence-corrected chi connectivity index (χ2v) is 34.4. The Balaban J connectivity index is 0.781. The first kappa shape index (κ1) is 89.5. The lowest BCUT2D eigenvalue weighted by molar-refractivity contribution is -0.130. The van der Waals surface area contributed by atoms with E-state index in [9.17, 15) is 9.59 Å². The van der Waals surface area contributed by atoms with Gasteiger partial charge in [0.1, 0.15) is 64.1 Å². The zero-order valence-electron chi connectivity index (χ0n) is 73.4. The second kappa shape index (κ2) is 38.9. The third-order valence-corrected chi connectivity index (χ3v) is 23.4. The summed E-state index contributed by atoms with van der Waals surface area (Å²) in [4.78, 5) is 99.7. The van der Waals surface area contributed by atoms with Crippen molar-refractivity contribution in [1.82, 2.24) is 9.80 Å². The standard InChI is InChI=1S/C98H112N4O24/c1-93(2,3)125-91(107)99(61-65-17-13-11-14-18-65)63-67-21-25-69(26-22-67)101-87(103)95(7)71-53-79-81-55-73(71)96(8,88(101)104)74-56-82-80(54-72(74)95)118-46-38-110-30-34-114-42-50-122-84-58-76-78(60-86(84)124-52-44-116-36-32-112-40-48-120-82)98(10)77-59-85(123-51-43-115-35-31-111-39-47-119-81)83(121-49-41-113-33-29-109-37-45-117-79)57-75(77)97(76,9)89(105)102(90(98)106)70-27-23-68(24-28-70)64-100(92(108)126-94(4,5)6)62-66-19-15-12-16-20-66/h11-28,53-60H,29-52,61-64H2,1-10H3. The van der Waals surface area contributed by atoms with Crippen molar-refractivity contribution in [2.45, 2.75) is 128 Å². The summed E-state index contributed by atoms with van der Waals surface area (Å²) in [7, 11) is 0. The lowest BCUT2D eigenvalue weighted by Crippen LogP contribution is -2.47. The highest BCUT2D eigenvalue weighted by Gasteiger charge is 2.64. The predicted molar refractivity (Wildman–Crippen MR) is 464 cm³/mol. The quantitative estimate of drug-likeness (QED) is 0.115. The number of hydrogen-bond donors (Lipinski definition) is 0. The summed E-state index contributed by atoms with van der Waals surface area (Å²) in [6.45, 7) is 20.9. The van der Waals surface area contributed by atoms with Crippen LogP contribution in [0.25, 0.3) is 0 Å². The lowest BCUT2D eigenvalue weighted by Gasteiger charge is -2.41. The third-order valence-electron chi connectivity index (χ3n) is 23.4. The molecule has 8 aromatic rings. The molecule has 0 spiro atoms. The van der Waals surface area contributed by atoms with Gasteiger partial charge < -0.3 is 85.3 Å². The van der Waals surface area contributed by atoms with E-state index in [2.05, 4.69) is 0 Å². The van der Waals surface area contributed by atoms with Crippen molar-refractivity contribution in [3.05, 3.63) is 224 Å². The molecule has 0 saturated carbocycles. The molecule has 16 rings (SSSR count). The number of imide groups is 2. The van der Waals surface area contributed by atoms with Gasteiger partial charge in [0.15, 0.2) is 46.0 Å². The van der Waals surface area contributed by atoms with Gasteiger partial charge in [-0.15, -0.1) is 0 Å². The van der Waals surface area contributed by atoms with Crippen LogP contribution in [0.1, 0.15) is 136 Å². The van der Waals surface area contributed by atoms with E-state index in [1.807, 2.05) is 102 Å². The summed E-state index contributed by atoms with van der Waals surface area (Å²) in [6, 6.07) is 47.6. The Labute approximate surface area is 734 Å². The van der Waals surface area contributed by atoms with Crippen LogP contribution in [0.5, 0.6) is 46.0 Å². The van der Waals surface area contributed by atoms with Crippen LogP contribution in [0, 0.1) is 0 Å². The molecule has 126 heavy (non-hydrogen) atoms. The Morgan fingerprint density at radius 3 is 0.635 bits per heavy atom. The van der Waals surface area contributed by atoms with E-state index in [4.69, 9.17) is 85.3 Å². The van der Waals surface area contributed by atoms with Crippen LogP contribution in [-0.4, -0.2) is 215 Å². The number of hydrogen-bond acceptors (Lipinski definition) is 24. The van der Waals surface area contributed by atoms with Gasteiger partial charge in [0.05, 0.1) is 139 Å². The maximum Gasteiger partial charge on any atom is 0.410 e. The molecule has 6 amide bonds. The molecule has 28 heteroatoms. The topological polar surface area (TPSA) is 282 Å². The van der Waals surface area contributed by atoms with Crippen LogP contribution in [-0.2, 0) is 114 Å². The molecule has 28 nitrogen and oxygen atoms in total. The minimum absolute atomic E-state index is 0.0130. The largest absolute Gasteiger partial charge is 0.487 e. The van der Waals surface area contributed by atoms with E-state index in [-0.39, 0.29) is 242 Å². The fourth-order valence-electron chi connectivity index (χ4n) is 17.0. The molecule has 0 atom stereocenters. The third kappa shape index (κ3) is 19.2. The molecule has 8 aliphatic rings. The molecule has 4 bridgehead atoms. The van der Waals surface area contributed by atoms with E-state index >= 15 is 19.2 Å². The van der Waals surface area contributed by atoms with Gasteiger partial charge in [0.25, 0.3) is 0 Å². The Morgan fingerprint density at radius 2 is 0.452 bits per heavy atom. The normalized spacial score (nSPS) is 21.9. The Hall–Kier alpha value is -11.3. The Kier molecular flexibility index (Phi) is 27.6. The number of ether oxygens (including phenoxy) is 18. The number of rotatable bonds is 10. The summed E-state index contributed by atoms with van der Waals surface area (Å²) < 4.78 is 115. The van der Waals surface area contributed by atoms with E-state index in [1.54, 1.807) is 135 Å². The Morgan fingerprint density at radius 1 is 0.278 bits per heavy atom. The number of amides is 6. The average molecular weight is 1730 g/mol. The van der Waals surface area contributed by atoms with Gasteiger partial charge in [-0.1, -0.05) is 84.9 Å². The molecule has 0 aromatic heterocycles. The van der Waals surface area contributed by atoms with Gasteiger partial charge in [-0.2, -0.15) is 0 Å². The summed E-state index contributed by atoms with van der Waals surface area (Å²) in [5.41, 5.74) is -0.622. The fourth-order valence-corrected chi connectivity index (χ4v) is 17.0. The number of carbonyl (C=O) groups excluding carboxylic acids is 6. The summed E-state index contributed by atoms with van der Waals surface area (Å²) in [6.07, 6.45) is -1.02. The predicted octanol–water partition coefficient (Wildman–Crippen LogP) is 13.5. The number of anilines is 2. The monoisotopic (exact) mass is 1730 g/mol. The van der Waals surface area contributed by atoms with E-state index < -0.39 is 68.7 Å². The van der Waals surface area contributed by atoms with E-state index in [0.717, 1.165) is 11.1 Å². The second-order valence-electron chi connectivity index (χ2n) is 34.4. The lowest BCUT2D eigenvalue weighted by atomic mass is 9.59. The van der Waals surface area contributed by atoms with Crippen molar-refractivity contribution in [2.24, 2.45) is 0 Å². The first-order valence-electron chi connectivity index (χ1n) is 43.2. The summed E-state index contributed by atoms with van der Waals surface area (Å²) >= 11 is 0. The molecule has 0 fully saturated rings. The van der Waals surface area contributed by atoms with Crippen molar-refractivity contribution < 1.29 is 114 Å². The van der Waals surface area contributed by atoms with E-state index in [0.29, 0.717) is 55.6 Å². The highest BCUT2D eigenvalue weighted by Crippen LogP contribution is 2.61. The number of fused-ring (bicyclic) bond motifs is 8. The van der Waals surface area contributed by atoms with Gasteiger partial charge in [-0.25, -0.2) is 19.4 Å². The Bertz CT molecular complexity index is 4540. The van der Waals surface area contributed by atoms with Gasteiger partial charge in [-0.05, 0) is 209 Å². The molecule has 0 radical (unpaired) electrons. The average Bonchev–Trinajstić information content (AvgIpc) is 1.48. The summed E-state index contributed by atoms with van der Waals surface area (Å²) in [5.74, 6) is -0.122. The maximum atomic E-state index is 16.5. The molecule has 0 N–H and O–H groups in total. The smallest absolute Gasteiger partial charge is 0.410 e. The van der Waals surface area contributed by atoms with Crippen LogP contribution in [0.15, 0.2) is 158 Å². The number of nitrogens with zero attached hydrogens (tertiary/aromatic N) is 4. The van der Waals surface area contributed by atoms with Gasteiger partial charge in [-0.3, -0.25) is 29.0 Å². The first-order valence-corrected chi connectivity index (χ1v) is 43.2. The van der Waals surface area contributed by atoms with Crippen LogP contribution in [0.2, 0.25) is 0 Å². The molecule has 668 valence electrons. The maximum absolute atomic E-state index is 16.5. The van der Waals surface area contributed by atoms with Gasteiger partial charge >= 0.3 is 12.2 Å². The van der Waals surface area contributed by atoms with Gasteiger partial charge in [0.2, 0.25) is 23.6 Å². The number of benzene rings is 8. The van der Waals surface area contributed by atoms with Crippen molar-refractivity contribution >= 4 is 47.2 Å². The molecule has 6 heterocycles. The molecule has 6 aliphatic heterocycles. The zero-order chi connectivity index (χ0) is 88.4. The summed E-state index contributed by atoms with van der Waals surface area (Å²) in [5, 5.41) is 0. The van der Waals surface area contributed by atoms with Crippen LogP contribution >= 0.6 is 0 Å². The fraction of sp³-hybridized carbons (Fsp3) is 0.449. The van der Waals surface area contributed by atoms with Crippen molar-refractivity contribution in [3.8, 4) is 46.0 Å². The highest BCUT2D eigenvalue weighted by molar-refractivity contribution is 6.27. The highest BCUT2D eigenvalue weighted by atomic mass is 16.6. The van der Waals surface area contributed by atoms with Crippen molar-refractivity contribution in [2.75, 3.05) is 168 Å².